The maximum absolute atomic E-state index is 2.44. The SMILES string of the molecule is Cc1c(C2=Cc3cc(C(C)(C)C)cc4cc[n+](C)c2c34)cc(C(C)C)cc1C(C)C. The standard InChI is InChI=1S/C29H36N/c1-17(2)21-14-24(18(3)4)19(5)25(15-21)26-16-22-13-23(29(6,7)8)12-20-10-11-30(9)28(26)27(20)22/h10-18H,1-9H3/q+1. The van der Waals surface area contributed by atoms with Gasteiger partial charge < -0.3 is 0 Å². The van der Waals surface area contributed by atoms with Crippen LogP contribution in [0.3, 0.4) is 0 Å². The highest BCUT2D eigenvalue weighted by Crippen LogP contribution is 2.42. The van der Waals surface area contributed by atoms with Gasteiger partial charge in [-0.25, -0.2) is 4.57 Å². The Bertz CT molecular complexity index is 1180. The average Bonchev–Trinajstić information content (AvgIpc) is 3.04. The van der Waals surface area contributed by atoms with Crippen molar-refractivity contribution in [3.63, 3.8) is 0 Å². The van der Waals surface area contributed by atoms with Gasteiger partial charge in [0.2, 0.25) is 5.69 Å². The van der Waals surface area contributed by atoms with E-state index < -0.39 is 0 Å². The van der Waals surface area contributed by atoms with Gasteiger partial charge in [0.15, 0.2) is 6.20 Å². The van der Waals surface area contributed by atoms with Crippen LogP contribution in [-0.2, 0) is 12.5 Å². The molecule has 0 N–H and O–H groups in total. The molecule has 1 aliphatic rings. The van der Waals surface area contributed by atoms with Crippen LogP contribution in [0, 0.1) is 6.92 Å². The molecular formula is C29H36N+. The fraction of sp³-hybridized carbons (Fsp3) is 0.414. The zero-order valence-corrected chi connectivity index (χ0v) is 20.1. The Labute approximate surface area is 182 Å². The summed E-state index contributed by atoms with van der Waals surface area (Å²) in [7, 11) is 2.18. The van der Waals surface area contributed by atoms with E-state index in [0.717, 1.165) is 0 Å². The van der Waals surface area contributed by atoms with E-state index in [9.17, 15) is 0 Å². The van der Waals surface area contributed by atoms with Gasteiger partial charge in [-0.05, 0) is 69.0 Å². The molecule has 1 heterocycles. The van der Waals surface area contributed by atoms with Crippen LogP contribution < -0.4 is 4.57 Å². The molecular weight excluding hydrogens is 362 g/mol. The van der Waals surface area contributed by atoms with Crippen LogP contribution in [0.15, 0.2) is 36.5 Å². The molecule has 0 amide bonds. The minimum absolute atomic E-state index is 0.137. The van der Waals surface area contributed by atoms with Crippen molar-refractivity contribution in [3.05, 3.63) is 75.6 Å². The minimum atomic E-state index is 0.137. The first-order valence-electron chi connectivity index (χ1n) is 11.3. The molecule has 2 aromatic carbocycles. The summed E-state index contributed by atoms with van der Waals surface area (Å²) in [6, 6.07) is 11.9. The van der Waals surface area contributed by atoms with Crippen molar-refractivity contribution in [2.45, 2.75) is 72.6 Å². The normalized spacial score (nSPS) is 13.6. The van der Waals surface area contributed by atoms with Gasteiger partial charge in [-0.1, -0.05) is 72.7 Å². The second kappa shape index (κ2) is 7.08. The predicted molar refractivity (Wildman–Crippen MR) is 130 cm³/mol. The van der Waals surface area contributed by atoms with Gasteiger partial charge in [-0.15, -0.1) is 0 Å². The van der Waals surface area contributed by atoms with E-state index in [0.29, 0.717) is 11.8 Å². The van der Waals surface area contributed by atoms with E-state index in [1.807, 2.05) is 0 Å². The number of benzene rings is 2. The third kappa shape index (κ3) is 3.29. The van der Waals surface area contributed by atoms with Gasteiger partial charge in [0.25, 0.3) is 0 Å². The molecule has 0 aliphatic heterocycles. The van der Waals surface area contributed by atoms with Crippen LogP contribution in [0.5, 0.6) is 0 Å². The summed E-state index contributed by atoms with van der Waals surface area (Å²) in [6.07, 6.45) is 4.65. The summed E-state index contributed by atoms with van der Waals surface area (Å²) < 4.78 is 2.30. The number of nitrogens with zero attached hydrogens (tertiary/aromatic N) is 1. The van der Waals surface area contributed by atoms with Crippen LogP contribution >= 0.6 is 0 Å². The highest BCUT2D eigenvalue weighted by Gasteiger charge is 2.30. The van der Waals surface area contributed by atoms with Crippen LogP contribution in [-0.4, -0.2) is 0 Å². The number of aromatic nitrogens is 1. The van der Waals surface area contributed by atoms with Gasteiger partial charge in [-0.2, -0.15) is 0 Å². The van der Waals surface area contributed by atoms with Gasteiger partial charge in [0.05, 0.1) is 11.0 Å². The monoisotopic (exact) mass is 398 g/mol. The maximum atomic E-state index is 2.44. The minimum Gasteiger partial charge on any atom is -0.200 e. The molecule has 1 nitrogen and oxygen atoms in total. The first-order valence-corrected chi connectivity index (χ1v) is 11.3. The van der Waals surface area contributed by atoms with E-state index in [1.165, 1.54) is 55.4 Å². The molecule has 3 aromatic rings. The van der Waals surface area contributed by atoms with Gasteiger partial charge >= 0.3 is 0 Å². The van der Waals surface area contributed by atoms with Crippen molar-refractivity contribution in [3.8, 4) is 0 Å². The zero-order chi connectivity index (χ0) is 22.0. The summed E-state index contributed by atoms with van der Waals surface area (Å²) in [4.78, 5) is 0. The lowest BCUT2D eigenvalue weighted by Gasteiger charge is -2.20. The van der Waals surface area contributed by atoms with E-state index in [2.05, 4.69) is 110 Å². The molecule has 0 atom stereocenters. The Morgan fingerprint density at radius 2 is 1.60 bits per heavy atom. The van der Waals surface area contributed by atoms with Crippen LogP contribution in [0.4, 0.5) is 0 Å². The van der Waals surface area contributed by atoms with Crippen molar-refractivity contribution in [1.29, 1.82) is 0 Å². The third-order valence-electron chi connectivity index (χ3n) is 6.74. The van der Waals surface area contributed by atoms with E-state index in [-0.39, 0.29) is 5.41 Å². The molecule has 30 heavy (non-hydrogen) atoms. The van der Waals surface area contributed by atoms with Crippen molar-refractivity contribution >= 4 is 22.4 Å². The fourth-order valence-corrected chi connectivity index (χ4v) is 4.81. The summed E-state index contributed by atoms with van der Waals surface area (Å²) in [5.74, 6) is 1.03. The first kappa shape index (κ1) is 20.8. The average molecular weight is 399 g/mol. The lowest BCUT2D eigenvalue weighted by Crippen LogP contribution is -2.32. The summed E-state index contributed by atoms with van der Waals surface area (Å²) in [5.41, 5.74) is 11.3. The summed E-state index contributed by atoms with van der Waals surface area (Å²) >= 11 is 0. The lowest BCUT2D eigenvalue weighted by atomic mass is 9.85. The van der Waals surface area contributed by atoms with Gasteiger partial charge in [0.1, 0.15) is 7.05 Å². The second-order valence-corrected chi connectivity index (χ2v) is 10.7. The number of aryl methyl sites for hydroxylation is 1. The molecule has 0 unspecified atom stereocenters. The number of rotatable bonds is 3. The number of hydrogen-bond donors (Lipinski definition) is 0. The molecule has 0 radical (unpaired) electrons. The van der Waals surface area contributed by atoms with E-state index in [1.54, 1.807) is 0 Å². The highest BCUT2D eigenvalue weighted by atomic mass is 14.9. The topological polar surface area (TPSA) is 3.88 Å². The lowest BCUT2D eigenvalue weighted by molar-refractivity contribution is -0.672. The molecule has 4 rings (SSSR count). The fourth-order valence-electron chi connectivity index (χ4n) is 4.81. The molecule has 0 saturated carbocycles. The summed E-state index contributed by atoms with van der Waals surface area (Å²) in [6.45, 7) is 18.4. The molecule has 1 aromatic heterocycles. The maximum Gasteiger partial charge on any atom is 0.221 e. The molecule has 0 saturated heterocycles. The van der Waals surface area contributed by atoms with Crippen LogP contribution in [0.25, 0.3) is 22.4 Å². The van der Waals surface area contributed by atoms with Gasteiger partial charge in [-0.3, -0.25) is 0 Å². The van der Waals surface area contributed by atoms with E-state index >= 15 is 0 Å². The largest absolute Gasteiger partial charge is 0.221 e. The smallest absolute Gasteiger partial charge is 0.200 e. The Balaban J connectivity index is 2.04. The molecule has 1 aliphatic carbocycles. The van der Waals surface area contributed by atoms with Crippen LogP contribution in [0.1, 0.15) is 99.4 Å². The summed E-state index contributed by atoms with van der Waals surface area (Å²) in [5, 5.41) is 2.74. The molecule has 156 valence electrons. The Morgan fingerprint density at radius 3 is 2.20 bits per heavy atom. The van der Waals surface area contributed by atoms with Crippen molar-refractivity contribution < 1.29 is 4.57 Å². The highest BCUT2D eigenvalue weighted by molar-refractivity contribution is 6.11. The third-order valence-corrected chi connectivity index (χ3v) is 6.74. The number of pyridine rings is 1. The second-order valence-electron chi connectivity index (χ2n) is 10.7. The molecule has 0 bridgehead atoms. The Kier molecular flexibility index (Phi) is 4.92. The number of hydrogen-bond acceptors (Lipinski definition) is 0. The Hall–Kier alpha value is -2.41. The Morgan fingerprint density at radius 1 is 0.900 bits per heavy atom. The zero-order valence-electron chi connectivity index (χ0n) is 20.1. The van der Waals surface area contributed by atoms with E-state index in [4.69, 9.17) is 0 Å². The molecule has 0 spiro atoms. The quantitative estimate of drug-likeness (QED) is 0.316. The van der Waals surface area contributed by atoms with Crippen molar-refractivity contribution in [2.24, 2.45) is 7.05 Å². The predicted octanol–water partition coefficient (Wildman–Crippen LogP) is 7.42. The molecule has 1 heteroatoms. The van der Waals surface area contributed by atoms with Crippen molar-refractivity contribution in [1.82, 2.24) is 0 Å². The van der Waals surface area contributed by atoms with Gasteiger partial charge in [0, 0.05) is 6.07 Å². The molecule has 0 fully saturated rings. The van der Waals surface area contributed by atoms with Crippen molar-refractivity contribution in [2.75, 3.05) is 0 Å². The van der Waals surface area contributed by atoms with Crippen LogP contribution in [0.2, 0.25) is 0 Å². The first-order chi connectivity index (χ1) is 14.0.